The Morgan fingerprint density at radius 1 is 0.857 bits per heavy atom. The van der Waals surface area contributed by atoms with Gasteiger partial charge in [-0.15, -0.1) is 0 Å². The molecule has 2 N–H and O–H groups in total. The molecule has 4 amide bonds. The lowest BCUT2D eigenvalue weighted by Crippen LogP contribution is -2.32. The first-order valence-corrected chi connectivity index (χ1v) is 7.58. The van der Waals surface area contributed by atoms with Crippen LogP contribution < -0.4 is 10.6 Å². The van der Waals surface area contributed by atoms with Crippen LogP contribution in [0.4, 0.5) is 37.7 Å². The molecule has 28 heavy (non-hydrogen) atoms. The highest BCUT2D eigenvalue weighted by Crippen LogP contribution is 2.36. The average molecular weight is 411 g/mol. The Morgan fingerprint density at radius 2 is 1.21 bits per heavy atom. The van der Waals surface area contributed by atoms with E-state index in [1.165, 1.54) is 10.6 Å². The van der Waals surface area contributed by atoms with E-state index in [1.54, 1.807) is 6.92 Å². The summed E-state index contributed by atoms with van der Waals surface area (Å²) < 4.78 is 74.9. The first-order valence-electron chi connectivity index (χ1n) is 7.58. The Labute approximate surface area is 152 Å². The number of alkyl halides is 6. The summed E-state index contributed by atoms with van der Waals surface area (Å²) in [6, 6.07) is 1.38. The van der Waals surface area contributed by atoms with Crippen LogP contribution in [0, 0.1) is 0 Å². The average Bonchev–Trinajstić information content (AvgIpc) is 2.81. The summed E-state index contributed by atoms with van der Waals surface area (Å²) in [6.45, 7) is 1.40. The van der Waals surface area contributed by atoms with Crippen molar-refractivity contribution in [3.05, 3.63) is 23.3 Å². The van der Waals surface area contributed by atoms with Crippen molar-refractivity contribution < 1.29 is 45.5 Å². The van der Waals surface area contributed by atoms with Crippen LogP contribution in [-0.2, 0) is 9.59 Å². The smallest absolute Gasteiger partial charge is 0.317 e. The van der Waals surface area contributed by atoms with Gasteiger partial charge in [0.25, 0.3) is 11.8 Å². The number of hydrogen-bond acceptors (Lipinski definition) is 4. The maximum Gasteiger partial charge on any atom is 0.471 e. The summed E-state index contributed by atoms with van der Waals surface area (Å²) in [5, 5.41) is 2.82. The molecule has 1 heterocycles. The highest BCUT2D eigenvalue weighted by atomic mass is 19.4. The molecule has 1 aromatic rings. The molecule has 0 radical (unpaired) electrons. The van der Waals surface area contributed by atoms with E-state index >= 15 is 0 Å². The Balaban J connectivity index is 2.57. The molecule has 152 valence electrons. The van der Waals surface area contributed by atoms with Gasteiger partial charge in [-0.1, -0.05) is 6.92 Å². The number of benzene rings is 1. The first kappa shape index (κ1) is 21.2. The van der Waals surface area contributed by atoms with Crippen molar-refractivity contribution in [2.24, 2.45) is 0 Å². The van der Waals surface area contributed by atoms with E-state index < -0.39 is 58.5 Å². The fraction of sp³-hybridized carbons (Fsp3) is 0.333. The Bertz CT molecular complexity index is 796. The zero-order valence-electron chi connectivity index (χ0n) is 13.9. The third-order valence-corrected chi connectivity index (χ3v) is 3.58. The maximum absolute atomic E-state index is 12.5. The number of fused-ring (bicyclic) bond motifs is 1. The number of halogens is 6. The SMILES string of the molecule is CCCN1C(=O)c2c(NC(=O)C(F)(F)F)ccc(NC(=O)C(F)(F)F)c2C1=O. The number of carbonyl (C=O) groups is 4. The number of anilines is 2. The molecule has 7 nitrogen and oxygen atoms in total. The van der Waals surface area contributed by atoms with Gasteiger partial charge in [0.2, 0.25) is 0 Å². The number of carbonyl (C=O) groups excluding carboxylic acids is 4. The largest absolute Gasteiger partial charge is 0.471 e. The highest BCUT2D eigenvalue weighted by Gasteiger charge is 2.44. The minimum absolute atomic E-state index is 0.175. The second kappa shape index (κ2) is 7.13. The number of imide groups is 1. The molecule has 1 aliphatic rings. The van der Waals surface area contributed by atoms with E-state index in [1.807, 2.05) is 0 Å². The monoisotopic (exact) mass is 411 g/mol. The van der Waals surface area contributed by atoms with Gasteiger partial charge in [0, 0.05) is 6.54 Å². The molecule has 0 saturated heterocycles. The molecular weight excluding hydrogens is 400 g/mol. The Hall–Kier alpha value is -3.12. The van der Waals surface area contributed by atoms with Crippen molar-refractivity contribution >= 4 is 35.0 Å². The quantitative estimate of drug-likeness (QED) is 0.588. The summed E-state index contributed by atoms with van der Waals surface area (Å²) in [4.78, 5) is 47.8. The van der Waals surface area contributed by atoms with Gasteiger partial charge in [-0.2, -0.15) is 26.3 Å². The number of nitrogens with one attached hydrogen (secondary N) is 2. The van der Waals surface area contributed by atoms with Crippen LogP contribution in [-0.4, -0.2) is 47.4 Å². The van der Waals surface area contributed by atoms with Crippen LogP contribution in [0.1, 0.15) is 34.1 Å². The van der Waals surface area contributed by atoms with Crippen LogP contribution in [0.25, 0.3) is 0 Å². The van der Waals surface area contributed by atoms with Crippen LogP contribution in [0.2, 0.25) is 0 Å². The first-order chi connectivity index (χ1) is 12.8. The third-order valence-electron chi connectivity index (χ3n) is 3.58. The molecule has 0 bridgehead atoms. The van der Waals surface area contributed by atoms with Crippen molar-refractivity contribution in [2.75, 3.05) is 17.2 Å². The van der Waals surface area contributed by atoms with E-state index in [0.29, 0.717) is 17.0 Å². The van der Waals surface area contributed by atoms with Crippen LogP contribution >= 0.6 is 0 Å². The predicted octanol–water partition coefficient (Wildman–Crippen LogP) is 2.69. The molecule has 0 unspecified atom stereocenters. The fourth-order valence-electron chi connectivity index (χ4n) is 2.43. The van der Waals surface area contributed by atoms with Gasteiger partial charge in [-0.25, -0.2) is 0 Å². The van der Waals surface area contributed by atoms with Gasteiger partial charge >= 0.3 is 24.2 Å². The molecule has 13 heteroatoms. The van der Waals surface area contributed by atoms with Gasteiger partial charge in [-0.05, 0) is 18.6 Å². The molecule has 0 aromatic heterocycles. The van der Waals surface area contributed by atoms with Crippen molar-refractivity contribution in [3.8, 4) is 0 Å². The summed E-state index contributed by atoms with van der Waals surface area (Å²) >= 11 is 0. The van der Waals surface area contributed by atoms with E-state index in [9.17, 15) is 45.5 Å². The van der Waals surface area contributed by atoms with Gasteiger partial charge in [0.05, 0.1) is 22.5 Å². The molecule has 0 saturated carbocycles. The van der Waals surface area contributed by atoms with E-state index in [2.05, 4.69) is 0 Å². The van der Waals surface area contributed by atoms with Crippen LogP contribution in [0.3, 0.4) is 0 Å². The molecule has 2 rings (SSSR count). The van der Waals surface area contributed by atoms with Crippen molar-refractivity contribution in [3.63, 3.8) is 0 Å². The summed E-state index contributed by atoms with van der Waals surface area (Å²) in [5.74, 6) is -7.11. The van der Waals surface area contributed by atoms with Gasteiger partial charge < -0.3 is 10.6 Å². The number of hydrogen-bond donors (Lipinski definition) is 2. The van der Waals surface area contributed by atoms with Crippen molar-refractivity contribution in [2.45, 2.75) is 25.7 Å². The second-order valence-electron chi connectivity index (χ2n) is 5.58. The van der Waals surface area contributed by atoms with Crippen LogP contribution in [0.15, 0.2) is 12.1 Å². The zero-order valence-corrected chi connectivity index (χ0v) is 13.9. The van der Waals surface area contributed by atoms with Gasteiger partial charge in [-0.3, -0.25) is 24.1 Å². The summed E-state index contributed by atoms with van der Waals surface area (Å²) in [5.41, 5.74) is -2.93. The van der Waals surface area contributed by atoms with Gasteiger partial charge in [0.15, 0.2) is 0 Å². The Kier molecular flexibility index (Phi) is 5.39. The molecule has 0 fully saturated rings. The lowest BCUT2D eigenvalue weighted by molar-refractivity contribution is -0.167. The molecule has 1 aliphatic heterocycles. The zero-order chi connectivity index (χ0) is 21.4. The second-order valence-corrected chi connectivity index (χ2v) is 5.58. The minimum atomic E-state index is -5.31. The fourth-order valence-corrected chi connectivity index (χ4v) is 2.43. The summed E-state index contributed by atoms with van der Waals surface area (Å²) in [7, 11) is 0. The standard InChI is InChI=1S/C15H11F6N3O4/c1-2-5-24-10(25)8-6(22-12(27)14(16,17)18)3-4-7(9(8)11(24)26)23-13(28)15(19,20)21/h3-4H,2,5H2,1H3,(H,22,27)(H,23,28). The van der Waals surface area contributed by atoms with Crippen molar-refractivity contribution in [1.82, 2.24) is 4.90 Å². The van der Waals surface area contributed by atoms with Gasteiger partial charge in [0.1, 0.15) is 0 Å². The molecule has 0 aliphatic carbocycles. The number of rotatable bonds is 4. The molecule has 1 aromatic carbocycles. The predicted molar refractivity (Wildman–Crippen MR) is 81.5 cm³/mol. The van der Waals surface area contributed by atoms with Crippen molar-refractivity contribution in [1.29, 1.82) is 0 Å². The highest BCUT2D eigenvalue weighted by molar-refractivity contribution is 6.27. The minimum Gasteiger partial charge on any atom is -0.317 e. The molecule has 0 atom stereocenters. The number of amides is 4. The van der Waals surface area contributed by atoms with Crippen LogP contribution in [0.5, 0.6) is 0 Å². The molecule has 0 spiro atoms. The molecular formula is C15H11F6N3O4. The lowest BCUT2D eigenvalue weighted by atomic mass is 10.0. The third kappa shape index (κ3) is 3.92. The normalized spacial score (nSPS) is 14.2. The number of nitrogens with zero attached hydrogens (tertiary/aromatic N) is 1. The van der Waals surface area contributed by atoms with E-state index in [-0.39, 0.29) is 13.0 Å². The maximum atomic E-state index is 12.5. The summed E-state index contributed by atoms with van der Waals surface area (Å²) in [6.07, 6.45) is -10.4. The topological polar surface area (TPSA) is 95.6 Å². The Morgan fingerprint density at radius 3 is 1.50 bits per heavy atom. The van der Waals surface area contributed by atoms with E-state index in [0.717, 1.165) is 0 Å². The lowest BCUT2D eigenvalue weighted by Gasteiger charge is -2.14. The van der Waals surface area contributed by atoms with E-state index in [4.69, 9.17) is 0 Å².